The van der Waals surface area contributed by atoms with E-state index in [-0.39, 0.29) is 30.0 Å². The number of nitrogens with zero attached hydrogens (tertiary/aromatic N) is 4. The number of aliphatic imine (C=N–C) groups is 2. The Hall–Kier alpha value is -5.81. The lowest BCUT2D eigenvalue weighted by Crippen LogP contribution is -2.28. The summed E-state index contributed by atoms with van der Waals surface area (Å²) in [5.74, 6) is 2.76. The van der Waals surface area contributed by atoms with E-state index in [1.807, 2.05) is 0 Å². The minimum atomic E-state index is 0.0639. The highest BCUT2D eigenvalue weighted by atomic mass is 16.5. The molecule has 0 radical (unpaired) electrons. The molecule has 270 valence electrons. The van der Waals surface area contributed by atoms with Crippen LogP contribution in [0.4, 0.5) is 0 Å². The van der Waals surface area contributed by atoms with Crippen LogP contribution >= 0.6 is 0 Å². The Kier molecular flexibility index (Phi) is 7.65. The number of aromatic nitrogens is 1. The highest BCUT2D eigenvalue weighted by Gasteiger charge is 2.51. The second-order valence-electron chi connectivity index (χ2n) is 16.0. The van der Waals surface area contributed by atoms with E-state index in [9.17, 15) is 0 Å². The molecule has 0 amide bonds. The first-order valence-electron chi connectivity index (χ1n) is 20.1. The quantitative estimate of drug-likeness (QED) is 0.239. The Morgan fingerprint density at radius 3 is 2.58 bits per heavy atom. The number of likely N-dealkylation sites (N-methyl/N-ethyl adjacent to an activating group) is 1. The van der Waals surface area contributed by atoms with E-state index in [1.54, 1.807) is 0 Å². The molecule has 1 saturated carbocycles. The molecular formula is C50H44N4O. The lowest BCUT2D eigenvalue weighted by molar-refractivity contribution is 0.265. The fraction of sp³-hybridized carbons (Fsp3) is 0.260. The summed E-state index contributed by atoms with van der Waals surface area (Å²) in [6, 6.07) is 20.1. The summed E-state index contributed by atoms with van der Waals surface area (Å²) in [4.78, 5) is 18.3. The van der Waals surface area contributed by atoms with Crippen LogP contribution < -0.4 is 4.74 Å². The van der Waals surface area contributed by atoms with Crippen molar-refractivity contribution >= 4 is 11.4 Å². The highest BCUT2D eigenvalue weighted by Crippen LogP contribution is 2.58. The number of hydrogen-bond donors (Lipinski definition) is 0. The molecule has 2 aromatic carbocycles. The van der Waals surface area contributed by atoms with E-state index >= 15 is 0 Å². The summed E-state index contributed by atoms with van der Waals surface area (Å²) < 4.78 is 6.71. The van der Waals surface area contributed by atoms with E-state index in [0.29, 0.717) is 17.8 Å². The van der Waals surface area contributed by atoms with Gasteiger partial charge in [0.15, 0.2) is 0 Å². The number of rotatable bonds is 6. The Labute approximate surface area is 323 Å². The number of allylic oxidation sites excluding steroid dienone is 11. The average molecular weight is 717 g/mol. The zero-order chi connectivity index (χ0) is 36.6. The molecule has 1 aromatic heterocycles. The molecule has 5 heteroatoms. The number of benzene rings is 2. The molecule has 7 unspecified atom stereocenters. The van der Waals surface area contributed by atoms with Crippen molar-refractivity contribution in [1.82, 2.24) is 9.88 Å². The van der Waals surface area contributed by atoms with Crippen LogP contribution in [0.3, 0.4) is 0 Å². The van der Waals surface area contributed by atoms with Gasteiger partial charge in [0.05, 0.1) is 29.2 Å². The lowest BCUT2D eigenvalue weighted by atomic mass is 9.77. The van der Waals surface area contributed by atoms with Gasteiger partial charge >= 0.3 is 0 Å². The van der Waals surface area contributed by atoms with Crippen molar-refractivity contribution in [1.29, 1.82) is 0 Å². The molecule has 8 aliphatic rings. The smallest absolute Gasteiger partial charge is 0.128 e. The van der Waals surface area contributed by atoms with Crippen LogP contribution in [0.15, 0.2) is 178 Å². The third-order valence-corrected chi connectivity index (χ3v) is 12.9. The van der Waals surface area contributed by atoms with E-state index in [0.717, 1.165) is 53.4 Å². The SMILES string of the molecule is CCC(=NC1=CCCC2=C1N(C)C(c1ccccc1)C=C2)c1ccc(C2C3C=CC(C4=NC5C=CC=CC5c5c4ccc4c5OC5C=CC=CC45)=C[C@@H]32)nc1. The molecule has 4 heterocycles. The van der Waals surface area contributed by atoms with Gasteiger partial charge in [0.1, 0.15) is 11.9 Å². The monoisotopic (exact) mass is 716 g/mol. The van der Waals surface area contributed by atoms with Gasteiger partial charge in [-0.2, -0.15) is 0 Å². The maximum Gasteiger partial charge on any atom is 0.128 e. The zero-order valence-corrected chi connectivity index (χ0v) is 31.3. The van der Waals surface area contributed by atoms with Gasteiger partial charge in [0.2, 0.25) is 0 Å². The van der Waals surface area contributed by atoms with Crippen molar-refractivity contribution < 1.29 is 4.74 Å². The second-order valence-corrected chi connectivity index (χ2v) is 16.0. The molecule has 8 atom stereocenters. The molecule has 0 spiro atoms. The van der Waals surface area contributed by atoms with Crippen LogP contribution in [0.5, 0.6) is 5.75 Å². The predicted molar refractivity (Wildman–Crippen MR) is 222 cm³/mol. The summed E-state index contributed by atoms with van der Waals surface area (Å²) >= 11 is 0. The van der Waals surface area contributed by atoms with E-state index in [2.05, 4.69) is 165 Å². The van der Waals surface area contributed by atoms with E-state index in [1.165, 1.54) is 39.1 Å². The maximum absolute atomic E-state index is 6.71. The van der Waals surface area contributed by atoms with Crippen molar-refractivity contribution in [2.24, 2.45) is 21.8 Å². The van der Waals surface area contributed by atoms with Crippen molar-refractivity contribution in [2.75, 3.05) is 7.05 Å². The number of pyridine rings is 1. The van der Waals surface area contributed by atoms with Crippen molar-refractivity contribution in [3.63, 3.8) is 0 Å². The fourth-order valence-corrected chi connectivity index (χ4v) is 10.1. The minimum absolute atomic E-state index is 0.0639. The van der Waals surface area contributed by atoms with Gasteiger partial charge in [-0.1, -0.05) is 128 Å². The van der Waals surface area contributed by atoms with Gasteiger partial charge in [0.25, 0.3) is 0 Å². The average Bonchev–Trinajstić information content (AvgIpc) is 3.84. The van der Waals surface area contributed by atoms with Gasteiger partial charge in [-0.15, -0.1) is 0 Å². The molecular weight excluding hydrogens is 673 g/mol. The van der Waals surface area contributed by atoms with Gasteiger partial charge in [-0.3, -0.25) is 15.0 Å². The number of ether oxygens (including phenoxy) is 1. The van der Waals surface area contributed by atoms with Crippen LogP contribution in [0, 0.1) is 11.8 Å². The van der Waals surface area contributed by atoms with Crippen LogP contribution in [0.2, 0.25) is 0 Å². The van der Waals surface area contributed by atoms with E-state index < -0.39 is 0 Å². The van der Waals surface area contributed by atoms with Crippen LogP contribution in [0.1, 0.15) is 83.5 Å². The maximum atomic E-state index is 6.71. The Morgan fingerprint density at radius 2 is 1.73 bits per heavy atom. The normalized spacial score (nSPS) is 30.3. The standard InChI is InChI=1S/C50H44N4O/c1-3-40(52-43-18-11-14-31-22-27-44(54(2)49(31)43)30-12-5-4-6-13-30)33-21-26-42(51-29-33)46-35-23-20-32(28-39(35)46)48-38-25-24-36-34-15-8-10-19-45(34)55-50(36)47(38)37-16-7-9-17-41(37)53-48/h4-10,12-13,15-29,34-35,37,39,41,44-46H,3,11,14H2,1-2H3/t34?,35?,37?,39-,41?,44?,45?,46?/m0/s1. The van der Waals surface area contributed by atoms with Gasteiger partial charge in [-0.25, -0.2) is 0 Å². The third-order valence-electron chi connectivity index (χ3n) is 12.9. The van der Waals surface area contributed by atoms with Gasteiger partial charge < -0.3 is 9.64 Å². The summed E-state index contributed by atoms with van der Waals surface area (Å²) in [5, 5.41) is 0. The Morgan fingerprint density at radius 1 is 0.873 bits per heavy atom. The largest absolute Gasteiger partial charge is 0.485 e. The van der Waals surface area contributed by atoms with Crippen LogP contribution in [0.25, 0.3) is 0 Å². The molecule has 1 fully saturated rings. The molecule has 11 rings (SSSR count). The molecule has 5 aliphatic carbocycles. The molecule has 0 bridgehead atoms. The fourth-order valence-electron chi connectivity index (χ4n) is 10.1. The second kappa shape index (κ2) is 12.9. The Balaban J connectivity index is 0.853. The van der Waals surface area contributed by atoms with Crippen LogP contribution in [-0.4, -0.2) is 40.5 Å². The summed E-state index contributed by atoms with van der Waals surface area (Å²) in [5.41, 5.74) is 14.4. The summed E-state index contributed by atoms with van der Waals surface area (Å²) in [6.07, 6.45) is 36.7. The summed E-state index contributed by atoms with van der Waals surface area (Å²) in [6.45, 7) is 2.20. The first-order valence-corrected chi connectivity index (χ1v) is 20.1. The van der Waals surface area contributed by atoms with Crippen molar-refractivity contribution in [3.8, 4) is 5.75 Å². The number of fused-ring (bicyclic) bond motifs is 8. The lowest BCUT2D eigenvalue weighted by Gasteiger charge is -2.36. The molecule has 0 saturated heterocycles. The van der Waals surface area contributed by atoms with Gasteiger partial charge in [-0.05, 0) is 66.0 Å². The van der Waals surface area contributed by atoms with Crippen LogP contribution in [-0.2, 0) is 0 Å². The molecule has 5 nitrogen and oxygen atoms in total. The first kappa shape index (κ1) is 32.6. The topological polar surface area (TPSA) is 50.1 Å². The predicted octanol–water partition coefficient (Wildman–Crippen LogP) is 10.3. The zero-order valence-electron chi connectivity index (χ0n) is 31.3. The highest BCUT2D eigenvalue weighted by molar-refractivity contribution is 6.17. The minimum Gasteiger partial charge on any atom is -0.485 e. The van der Waals surface area contributed by atoms with Crippen molar-refractivity contribution in [3.05, 3.63) is 202 Å². The molecule has 3 aromatic rings. The number of hydrogen-bond acceptors (Lipinski definition) is 5. The van der Waals surface area contributed by atoms with Crippen molar-refractivity contribution in [2.45, 2.75) is 62.1 Å². The van der Waals surface area contributed by atoms with E-state index in [4.69, 9.17) is 19.7 Å². The molecule has 3 aliphatic heterocycles. The third kappa shape index (κ3) is 5.31. The molecule has 0 N–H and O–H groups in total. The summed E-state index contributed by atoms with van der Waals surface area (Å²) in [7, 11) is 2.21. The first-order chi connectivity index (χ1) is 27.1. The molecule has 55 heavy (non-hydrogen) atoms. The Bertz CT molecular complexity index is 2450. The van der Waals surface area contributed by atoms with Gasteiger partial charge in [0, 0.05) is 64.7 Å².